The van der Waals surface area contributed by atoms with Gasteiger partial charge >= 0.3 is 0 Å². The molecule has 2 aromatic rings. The summed E-state index contributed by atoms with van der Waals surface area (Å²) in [6, 6.07) is 12.1. The van der Waals surface area contributed by atoms with Gasteiger partial charge in [0.15, 0.2) is 0 Å². The Labute approximate surface area is 130 Å². The van der Waals surface area contributed by atoms with E-state index in [0.29, 0.717) is 21.8 Å². The van der Waals surface area contributed by atoms with Gasteiger partial charge in [-0.25, -0.2) is 0 Å². The first-order valence-electron chi connectivity index (χ1n) is 6.21. The van der Waals surface area contributed by atoms with E-state index in [1.165, 1.54) is 16.7 Å². The van der Waals surface area contributed by atoms with Crippen LogP contribution in [0, 0.1) is 0 Å². The molecule has 0 radical (unpaired) electrons. The number of nitrogens with two attached hydrogens (primary N) is 1. The third kappa shape index (κ3) is 2.50. The number of fused-ring (bicyclic) bond motifs is 1. The van der Waals surface area contributed by atoms with E-state index in [4.69, 9.17) is 17.3 Å². The lowest BCUT2D eigenvalue weighted by Crippen LogP contribution is -2.29. The quantitative estimate of drug-likeness (QED) is 0.536. The number of imide groups is 1. The lowest BCUT2D eigenvalue weighted by molar-refractivity contribution is 0.0684. The Morgan fingerprint density at radius 2 is 1.67 bits per heavy atom. The van der Waals surface area contributed by atoms with Crippen LogP contribution in [0.2, 0.25) is 5.02 Å². The van der Waals surface area contributed by atoms with Crippen LogP contribution in [0.4, 0.5) is 5.69 Å². The number of carbonyl (C=O) groups excluding carboxylic acids is 2. The van der Waals surface area contributed by atoms with Gasteiger partial charge in [-0.2, -0.15) is 0 Å². The number of halogens is 1. The minimum Gasteiger partial charge on any atom is -0.398 e. The van der Waals surface area contributed by atoms with Crippen molar-refractivity contribution in [1.82, 2.24) is 4.90 Å². The average Bonchev–Trinajstić information content (AvgIpc) is 2.73. The Kier molecular flexibility index (Phi) is 3.61. The van der Waals surface area contributed by atoms with E-state index in [-0.39, 0.29) is 17.7 Å². The van der Waals surface area contributed by atoms with Gasteiger partial charge in [0, 0.05) is 4.90 Å². The SMILES string of the molecule is Nc1ccc(SCN2C(=O)c3ccccc3C2=O)cc1Cl. The number of nitrogens with zero attached hydrogens (tertiary/aromatic N) is 1. The van der Waals surface area contributed by atoms with Gasteiger partial charge in [-0.05, 0) is 30.3 Å². The molecule has 0 saturated carbocycles. The van der Waals surface area contributed by atoms with Gasteiger partial charge in [0.2, 0.25) is 0 Å². The fourth-order valence-electron chi connectivity index (χ4n) is 2.09. The van der Waals surface area contributed by atoms with Crippen LogP contribution in [-0.2, 0) is 0 Å². The molecule has 0 unspecified atom stereocenters. The number of nitrogen functional groups attached to an aromatic ring is 1. The van der Waals surface area contributed by atoms with E-state index >= 15 is 0 Å². The van der Waals surface area contributed by atoms with Crippen molar-refractivity contribution in [2.75, 3.05) is 11.6 Å². The molecule has 0 aromatic heterocycles. The molecule has 21 heavy (non-hydrogen) atoms. The van der Waals surface area contributed by atoms with Crippen molar-refractivity contribution in [3.05, 3.63) is 58.6 Å². The Hall–Kier alpha value is -1.98. The highest BCUT2D eigenvalue weighted by Crippen LogP contribution is 2.29. The second-order valence-corrected chi connectivity index (χ2v) is 5.97. The Morgan fingerprint density at radius 1 is 1.05 bits per heavy atom. The number of benzene rings is 2. The number of hydrogen-bond acceptors (Lipinski definition) is 4. The van der Waals surface area contributed by atoms with Crippen LogP contribution in [0.3, 0.4) is 0 Å². The van der Waals surface area contributed by atoms with Crippen LogP contribution >= 0.6 is 23.4 Å². The number of thioether (sulfide) groups is 1. The standard InChI is InChI=1S/C15H11ClN2O2S/c16-12-7-9(5-6-13(12)17)21-8-18-14(19)10-3-1-2-4-11(10)15(18)20/h1-7H,8,17H2. The van der Waals surface area contributed by atoms with Crippen molar-refractivity contribution in [2.24, 2.45) is 0 Å². The van der Waals surface area contributed by atoms with Gasteiger partial charge in [0.05, 0.1) is 27.7 Å². The highest BCUT2D eigenvalue weighted by atomic mass is 35.5. The minimum atomic E-state index is -0.260. The maximum absolute atomic E-state index is 12.2. The molecule has 0 fully saturated rings. The molecule has 6 heteroatoms. The van der Waals surface area contributed by atoms with E-state index < -0.39 is 0 Å². The zero-order valence-electron chi connectivity index (χ0n) is 10.9. The summed E-state index contributed by atoms with van der Waals surface area (Å²) >= 11 is 7.32. The van der Waals surface area contributed by atoms with Gasteiger partial charge < -0.3 is 5.73 Å². The molecule has 0 atom stereocenters. The van der Waals surface area contributed by atoms with E-state index in [1.807, 2.05) is 6.07 Å². The van der Waals surface area contributed by atoms with Crippen LogP contribution in [-0.4, -0.2) is 22.6 Å². The Morgan fingerprint density at radius 3 is 2.24 bits per heavy atom. The maximum atomic E-state index is 12.2. The van der Waals surface area contributed by atoms with Crippen LogP contribution in [0.25, 0.3) is 0 Å². The number of anilines is 1. The van der Waals surface area contributed by atoms with E-state index in [9.17, 15) is 9.59 Å². The van der Waals surface area contributed by atoms with Gasteiger partial charge in [-0.15, -0.1) is 11.8 Å². The second-order valence-electron chi connectivity index (χ2n) is 4.54. The molecular weight excluding hydrogens is 308 g/mol. The van der Waals surface area contributed by atoms with Crippen molar-refractivity contribution in [2.45, 2.75) is 4.90 Å². The molecule has 106 valence electrons. The first kappa shape index (κ1) is 14.0. The highest BCUT2D eigenvalue weighted by Gasteiger charge is 2.34. The van der Waals surface area contributed by atoms with Crippen LogP contribution < -0.4 is 5.73 Å². The first-order chi connectivity index (χ1) is 10.1. The smallest absolute Gasteiger partial charge is 0.262 e. The largest absolute Gasteiger partial charge is 0.398 e. The average molecular weight is 319 g/mol. The zero-order valence-corrected chi connectivity index (χ0v) is 12.4. The van der Waals surface area contributed by atoms with Gasteiger partial charge in [0.25, 0.3) is 11.8 Å². The van der Waals surface area contributed by atoms with Crippen molar-refractivity contribution in [1.29, 1.82) is 0 Å². The topological polar surface area (TPSA) is 63.4 Å². The predicted molar refractivity (Wildman–Crippen MR) is 83.5 cm³/mol. The summed E-state index contributed by atoms with van der Waals surface area (Å²) < 4.78 is 0. The molecule has 0 bridgehead atoms. The fourth-order valence-corrected chi connectivity index (χ4v) is 3.22. The van der Waals surface area contributed by atoms with Crippen LogP contribution in [0.15, 0.2) is 47.4 Å². The van der Waals surface area contributed by atoms with E-state index in [2.05, 4.69) is 0 Å². The van der Waals surface area contributed by atoms with Gasteiger partial charge in [-0.1, -0.05) is 23.7 Å². The first-order valence-corrected chi connectivity index (χ1v) is 7.57. The van der Waals surface area contributed by atoms with Gasteiger partial charge in [0.1, 0.15) is 0 Å². The fraction of sp³-hybridized carbons (Fsp3) is 0.0667. The minimum absolute atomic E-state index is 0.243. The van der Waals surface area contributed by atoms with E-state index in [1.54, 1.807) is 36.4 Å². The lowest BCUT2D eigenvalue weighted by Gasteiger charge is -2.13. The highest BCUT2D eigenvalue weighted by molar-refractivity contribution is 7.99. The molecule has 1 aliphatic rings. The molecule has 1 heterocycles. The van der Waals surface area contributed by atoms with Crippen molar-refractivity contribution < 1.29 is 9.59 Å². The summed E-state index contributed by atoms with van der Waals surface area (Å²) in [5, 5.41) is 0.461. The summed E-state index contributed by atoms with van der Waals surface area (Å²) in [4.78, 5) is 26.5. The molecule has 3 rings (SSSR count). The zero-order chi connectivity index (χ0) is 15.0. The predicted octanol–water partition coefficient (Wildman–Crippen LogP) is 3.27. The molecule has 2 aromatic carbocycles. The number of hydrogen-bond donors (Lipinski definition) is 1. The molecule has 2 amide bonds. The molecule has 0 saturated heterocycles. The molecule has 2 N–H and O–H groups in total. The van der Waals surface area contributed by atoms with E-state index in [0.717, 1.165) is 4.90 Å². The van der Waals surface area contributed by atoms with Gasteiger partial charge in [-0.3, -0.25) is 14.5 Å². The summed E-state index contributed by atoms with van der Waals surface area (Å²) in [6.07, 6.45) is 0. The van der Waals surface area contributed by atoms with Crippen LogP contribution in [0.1, 0.15) is 20.7 Å². The van der Waals surface area contributed by atoms with Crippen molar-refractivity contribution in [3.63, 3.8) is 0 Å². The molecule has 1 aliphatic heterocycles. The number of carbonyl (C=O) groups is 2. The monoisotopic (exact) mass is 318 g/mol. The summed E-state index contributed by atoms with van der Waals surface area (Å²) in [7, 11) is 0. The molecule has 4 nitrogen and oxygen atoms in total. The third-order valence-electron chi connectivity index (χ3n) is 3.21. The summed E-state index contributed by atoms with van der Waals surface area (Å²) in [5.41, 5.74) is 7.06. The number of rotatable bonds is 3. The second kappa shape index (κ2) is 5.42. The molecular formula is C15H11ClN2O2S. The Balaban J connectivity index is 1.76. The molecule has 0 aliphatic carbocycles. The maximum Gasteiger partial charge on any atom is 0.262 e. The summed E-state index contributed by atoms with van der Waals surface area (Å²) in [6.45, 7) is 0. The number of amides is 2. The third-order valence-corrected chi connectivity index (χ3v) is 4.51. The molecule has 0 spiro atoms. The van der Waals surface area contributed by atoms with Crippen molar-refractivity contribution >= 4 is 40.9 Å². The lowest BCUT2D eigenvalue weighted by atomic mass is 10.1. The van der Waals surface area contributed by atoms with Crippen molar-refractivity contribution in [3.8, 4) is 0 Å². The normalized spacial score (nSPS) is 13.7. The van der Waals surface area contributed by atoms with Crippen LogP contribution in [0.5, 0.6) is 0 Å². The Bertz CT molecular complexity index is 713. The summed E-state index contributed by atoms with van der Waals surface area (Å²) in [5.74, 6) is -0.277.